The summed E-state index contributed by atoms with van der Waals surface area (Å²) in [6, 6.07) is 19.0. The molecular formula is C20H15BrCl3NO. The number of halogens is 4. The van der Waals surface area contributed by atoms with Crippen molar-refractivity contribution >= 4 is 56.4 Å². The second-order valence-electron chi connectivity index (χ2n) is 5.65. The molecule has 0 saturated carbocycles. The minimum atomic E-state index is 0.409. The van der Waals surface area contributed by atoms with Crippen LogP contribution in [-0.2, 0) is 13.2 Å². The minimum absolute atomic E-state index is 0.409. The maximum Gasteiger partial charge on any atom is 0.124 e. The van der Waals surface area contributed by atoms with Crippen molar-refractivity contribution in [3.63, 3.8) is 0 Å². The van der Waals surface area contributed by atoms with Crippen LogP contribution in [0, 0.1) is 0 Å². The molecular weight excluding hydrogens is 456 g/mol. The van der Waals surface area contributed by atoms with Gasteiger partial charge in [0.2, 0.25) is 0 Å². The Hall–Kier alpha value is -1.39. The monoisotopic (exact) mass is 469 g/mol. The maximum absolute atomic E-state index is 6.06. The molecule has 0 bridgehead atoms. The molecule has 2 nitrogen and oxygen atoms in total. The second-order valence-corrected chi connectivity index (χ2v) is 7.82. The van der Waals surface area contributed by atoms with Gasteiger partial charge in [0.15, 0.2) is 0 Å². The lowest BCUT2D eigenvalue weighted by molar-refractivity contribution is 0.303. The Morgan fingerprint density at radius 1 is 0.846 bits per heavy atom. The van der Waals surface area contributed by atoms with Gasteiger partial charge >= 0.3 is 0 Å². The highest BCUT2D eigenvalue weighted by Crippen LogP contribution is 2.27. The molecule has 26 heavy (non-hydrogen) atoms. The van der Waals surface area contributed by atoms with E-state index in [1.807, 2.05) is 54.6 Å². The quantitative estimate of drug-likeness (QED) is 0.400. The van der Waals surface area contributed by atoms with Gasteiger partial charge in [-0.2, -0.15) is 0 Å². The minimum Gasteiger partial charge on any atom is -0.489 e. The zero-order chi connectivity index (χ0) is 18.5. The lowest BCUT2D eigenvalue weighted by Gasteiger charge is -2.14. The first-order chi connectivity index (χ1) is 12.5. The maximum atomic E-state index is 6.06. The van der Waals surface area contributed by atoms with E-state index in [0.717, 1.165) is 27.0 Å². The molecule has 0 saturated heterocycles. The molecule has 0 aromatic heterocycles. The fourth-order valence-electron chi connectivity index (χ4n) is 2.38. The summed E-state index contributed by atoms with van der Waals surface area (Å²) in [5, 5.41) is 5.14. The summed E-state index contributed by atoms with van der Waals surface area (Å²) in [6.07, 6.45) is 0. The van der Waals surface area contributed by atoms with Crippen molar-refractivity contribution in [1.29, 1.82) is 0 Å². The van der Waals surface area contributed by atoms with E-state index in [1.54, 1.807) is 6.07 Å². The summed E-state index contributed by atoms with van der Waals surface area (Å²) in [6.45, 7) is 1.03. The van der Waals surface area contributed by atoms with E-state index < -0.39 is 0 Å². The summed E-state index contributed by atoms with van der Waals surface area (Å²) < 4.78 is 6.99. The van der Waals surface area contributed by atoms with Gasteiger partial charge < -0.3 is 10.1 Å². The number of rotatable bonds is 6. The van der Waals surface area contributed by atoms with E-state index in [-0.39, 0.29) is 0 Å². The van der Waals surface area contributed by atoms with Crippen LogP contribution in [0.5, 0.6) is 5.75 Å². The number of nitrogens with one attached hydrogen (secondary N) is 1. The van der Waals surface area contributed by atoms with Gasteiger partial charge in [-0.3, -0.25) is 0 Å². The second kappa shape index (κ2) is 9.01. The summed E-state index contributed by atoms with van der Waals surface area (Å²) >= 11 is 21.5. The van der Waals surface area contributed by atoms with Crippen LogP contribution >= 0.6 is 50.7 Å². The van der Waals surface area contributed by atoms with Crippen molar-refractivity contribution in [2.24, 2.45) is 0 Å². The van der Waals surface area contributed by atoms with Crippen LogP contribution in [0.15, 0.2) is 65.1 Å². The highest BCUT2D eigenvalue weighted by atomic mass is 79.9. The molecule has 6 heteroatoms. The molecule has 0 fully saturated rings. The van der Waals surface area contributed by atoms with Crippen molar-refractivity contribution in [2.75, 3.05) is 5.32 Å². The molecule has 0 radical (unpaired) electrons. The fraction of sp³-hybridized carbons (Fsp3) is 0.100. The summed E-state index contributed by atoms with van der Waals surface area (Å²) in [5.74, 6) is 0.806. The Kier molecular flexibility index (Phi) is 6.71. The average molecular weight is 472 g/mol. The van der Waals surface area contributed by atoms with Gasteiger partial charge in [-0.25, -0.2) is 0 Å². The van der Waals surface area contributed by atoms with Gasteiger partial charge in [-0.05, 0) is 60.2 Å². The topological polar surface area (TPSA) is 21.3 Å². The van der Waals surface area contributed by atoms with E-state index in [9.17, 15) is 0 Å². The lowest BCUT2D eigenvalue weighted by atomic mass is 10.2. The number of benzene rings is 3. The van der Waals surface area contributed by atoms with E-state index >= 15 is 0 Å². The van der Waals surface area contributed by atoms with Crippen molar-refractivity contribution in [3.8, 4) is 5.75 Å². The van der Waals surface area contributed by atoms with Crippen LogP contribution in [0.25, 0.3) is 0 Å². The normalized spacial score (nSPS) is 10.6. The van der Waals surface area contributed by atoms with Crippen molar-refractivity contribution in [3.05, 3.63) is 91.3 Å². The molecule has 0 unspecified atom stereocenters. The van der Waals surface area contributed by atoms with Crippen molar-refractivity contribution in [1.82, 2.24) is 0 Å². The van der Waals surface area contributed by atoms with Gasteiger partial charge in [-0.1, -0.05) is 56.8 Å². The van der Waals surface area contributed by atoms with Gasteiger partial charge in [0, 0.05) is 27.3 Å². The number of anilines is 1. The zero-order valence-corrected chi connectivity index (χ0v) is 17.5. The number of hydrogen-bond acceptors (Lipinski definition) is 2. The first kappa shape index (κ1) is 19.4. The third kappa shape index (κ3) is 5.31. The highest BCUT2D eigenvalue weighted by molar-refractivity contribution is 9.10. The summed E-state index contributed by atoms with van der Waals surface area (Å²) in [4.78, 5) is 0. The SMILES string of the molecule is Clc1ccc(NCc2cc(Br)ccc2OCc2ccc(Cl)c(Cl)c2)cc1. The van der Waals surface area contributed by atoms with Crippen LogP contribution in [0.1, 0.15) is 11.1 Å². The molecule has 0 aliphatic heterocycles. The molecule has 0 aliphatic rings. The van der Waals surface area contributed by atoms with E-state index in [1.165, 1.54) is 0 Å². The molecule has 0 aliphatic carbocycles. The molecule has 3 aromatic carbocycles. The standard InChI is InChI=1S/C20H15BrCl3NO/c21-15-2-8-20(26-12-13-1-7-18(23)19(24)9-13)14(10-15)11-25-17-5-3-16(22)4-6-17/h1-10,25H,11-12H2. The molecule has 0 atom stereocenters. The largest absolute Gasteiger partial charge is 0.489 e. The van der Waals surface area contributed by atoms with E-state index in [0.29, 0.717) is 28.2 Å². The molecule has 0 spiro atoms. The van der Waals surface area contributed by atoms with Gasteiger partial charge in [0.05, 0.1) is 10.0 Å². The van der Waals surface area contributed by atoms with E-state index in [2.05, 4.69) is 21.2 Å². The Morgan fingerprint density at radius 3 is 2.35 bits per heavy atom. The van der Waals surface area contributed by atoms with Crippen LogP contribution < -0.4 is 10.1 Å². The van der Waals surface area contributed by atoms with Gasteiger partial charge in [0.1, 0.15) is 12.4 Å². The highest BCUT2D eigenvalue weighted by Gasteiger charge is 2.07. The number of ether oxygens (including phenoxy) is 1. The Balaban J connectivity index is 1.70. The van der Waals surface area contributed by atoms with Crippen molar-refractivity contribution in [2.45, 2.75) is 13.2 Å². The smallest absolute Gasteiger partial charge is 0.124 e. The van der Waals surface area contributed by atoms with Gasteiger partial charge in [0.25, 0.3) is 0 Å². The first-order valence-electron chi connectivity index (χ1n) is 7.86. The van der Waals surface area contributed by atoms with Crippen LogP contribution in [0.3, 0.4) is 0 Å². The van der Waals surface area contributed by atoms with Crippen molar-refractivity contribution < 1.29 is 4.74 Å². The number of hydrogen-bond donors (Lipinski definition) is 1. The van der Waals surface area contributed by atoms with E-state index in [4.69, 9.17) is 39.5 Å². The molecule has 3 aromatic rings. The summed E-state index contributed by atoms with van der Waals surface area (Å²) in [7, 11) is 0. The lowest BCUT2D eigenvalue weighted by Crippen LogP contribution is -2.04. The summed E-state index contributed by atoms with van der Waals surface area (Å²) in [5.41, 5.74) is 2.98. The van der Waals surface area contributed by atoms with Crippen LogP contribution in [-0.4, -0.2) is 0 Å². The van der Waals surface area contributed by atoms with Crippen LogP contribution in [0.2, 0.25) is 15.1 Å². The fourth-order valence-corrected chi connectivity index (χ4v) is 3.24. The van der Waals surface area contributed by atoms with Gasteiger partial charge in [-0.15, -0.1) is 0 Å². The molecule has 0 heterocycles. The Bertz CT molecular complexity index is 900. The first-order valence-corrected chi connectivity index (χ1v) is 9.78. The predicted octanol–water partition coefficient (Wildman–Crippen LogP) is 7.60. The molecule has 0 amide bonds. The molecule has 1 N–H and O–H groups in total. The zero-order valence-electron chi connectivity index (χ0n) is 13.6. The molecule has 134 valence electrons. The Morgan fingerprint density at radius 2 is 1.62 bits per heavy atom. The Labute approximate surface area is 176 Å². The predicted molar refractivity (Wildman–Crippen MR) is 114 cm³/mol. The molecule has 3 rings (SSSR count). The van der Waals surface area contributed by atoms with Crippen LogP contribution in [0.4, 0.5) is 5.69 Å². The third-order valence-electron chi connectivity index (χ3n) is 3.73. The average Bonchev–Trinajstić information content (AvgIpc) is 2.63. The third-order valence-corrected chi connectivity index (χ3v) is 5.21.